The number of nitrogens with zero attached hydrogens (tertiary/aromatic N) is 1. The molecule has 20 heavy (non-hydrogen) atoms. The molecule has 0 aliphatic rings. The maximum absolute atomic E-state index is 3.67. The molecule has 2 unspecified atom stereocenters. The average Bonchev–Trinajstić information content (AvgIpc) is 2.44. The molecular formula is C17H29BrN2. The van der Waals surface area contributed by atoms with Gasteiger partial charge in [0.05, 0.1) is 0 Å². The van der Waals surface area contributed by atoms with Crippen LogP contribution >= 0.6 is 15.9 Å². The molecule has 1 N–H and O–H groups in total. The van der Waals surface area contributed by atoms with Crippen molar-refractivity contribution in [1.29, 1.82) is 0 Å². The summed E-state index contributed by atoms with van der Waals surface area (Å²) >= 11 is 3.67. The lowest BCUT2D eigenvalue weighted by molar-refractivity contribution is 0.266. The van der Waals surface area contributed by atoms with E-state index >= 15 is 0 Å². The summed E-state index contributed by atoms with van der Waals surface area (Å²) in [6.07, 6.45) is 2.40. The van der Waals surface area contributed by atoms with Gasteiger partial charge in [-0.15, -0.1) is 0 Å². The van der Waals surface area contributed by atoms with E-state index in [2.05, 4.69) is 78.2 Å². The molecule has 0 fully saturated rings. The topological polar surface area (TPSA) is 15.3 Å². The Bertz CT molecular complexity index is 381. The lowest BCUT2D eigenvalue weighted by Crippen LogP contribution is -2.30. The van der Waals surface area contributed by atoms with Crippen LogP contribution in [0.15, 0.2) is 28.7 Å². The maximum Gasteiger partial charge on any atom is 0.0343 e. The van der Waals surface area contributed by atoms with Crippen LogP contribution in [0.1, 0.15) is 45.2 Å². The van der Waals surface area contributed by atoms with Gasteiger partial charge in [-0.3, -0.25) is 0 Å². The van der Waals surface area contributed by atoms with Crippen molar-refractivity contribution in [3.63, 3.8) is 0 Å². The van der Waals surface area contributed by atoms with Gasteiger partial charge in [-0.2, -0.15) is 0 Å². The van der Waals surface area contributed by atoms with Crippen molar-refractivity contribution in [3.8, 4) is 0 Å². The van der Waals surface area contributed by atoms with Crippen LogP contribution < -0.4 is 5.32 Å². The van der Waals surface area contributed by atoms with Crippen molar-refractivity contribution in [2.75, 3.05) is 26.7 Å². The van der Waals surface area contributed by atoms with E-state index in [0.29, 0.717) is 6.04 Å². The number of hydrogen-bond donors (Lipinski definition) is 1. The first-order valence-corrected chi connectivity index (χ1v) is 8.54. The Labute approximate surface area is 133 Å². The van der Waals surface area contributed by atoms with Crippen molar-refractivity contribution in [1.82, 2.24) is 10.2 Å². The first-order chi connectivity index (χ1) is 9.58. The third kappa shape index (κ3) is 5.94. The number of benzene rings is 1. The molecule has 0 amide bonds. The van der Waals surface area contributed by atoms with Crippen molar-refractivity contribution in [3.05, 3.63) is 34.3 Å². The van der Waals surface area contributed by atoms with Crippen LogP contribution in [0.3, 0.4) is 0 Å². The second-order valence-corrected chi connectivity index (χ2v) is 6.55. The van der Waals surface area contributed by atoms with E-state index in [0.717, 1.165) is 25.4 Å². The molecule has 2 nitrogen and oxygen atoms in total. The van der Waals surface area contributed by atoms with Crippen LogP contribution in [0.5, 0.6) is 0 Å². The number of hydrogen-bond acceptors (Lipinski definition) is 2. The minimum absolute atomic E-state index is 0.426. The van der Waals surface area contributed by atoms with Crippen molar-refractivity contribution < 1.29 is 0 Å². The van der Waals surface area contributed by atoms with Crippen molar-refractivity contribution in [2.24, 2.45) is 5.92 Å². The van der Waals surface area contributed by atoms with Gasteiger partial charge < -0.3 is 10.2 Å². The average molecular weight is 341 g/mol. The number of rotatable bonds is 9. The van der Waals surface area contributed by atoms with Gasteiger partial charge in [0.15, 0.2) is 0 Å². The van der Waals surface area contributed by atoms with Gasteiger partial charge in [0.1, 0.15) is 0 Å². The standard InChI is InChI=1S/C17H29BrN2/c1-5-14(3)13-20(4)12-11-17(19-6-2)15-9-7-8-10-16(15)18/h7-10,14,17,19H,5-6,11-13H2,1-4H3. The summed E-state index contributed by atoms with van der Waals surface area (Å²) < 4.78 is 1.20. The molecule has 0 aromatic heterocycles. The summed E-state index contributed by atoms with van der Waals surface area (Å²) in [6.45, 7) is 10.1. The summed E-state index contributed by atoms with van der Waals surface area (Å²) in [5.74, 6) is 0.779. The van der Waals surface area contributed by atoms with Crippen LogP contribution in [0.25, 0.3) is 0 Å². The first-order valence-electron chi connectivity index (χ1n) is 7.74. The van der Waals surface area contributed by atoms with Crippen molar-refractivity contribution in [2.45, 2.75) is 39.7 Å². The lowest BCUT2D eigenvalue weighted by atomic mass is 10.0. The fourth-order valence-electron chi connectivity index (χ4n) is 2.47. The Hall–Kier alpha value is -0.380. The second-order valence-electron chi connectivity index (χ2n) is 5.70. The number of nitrogens with one attached hydrogen (secondary N) is 1. The third-order valence-corrected chi connectivity index (χ3v) is 4.57. The maximum atomic E-state index is 3.67. The van der Waals surface area contributed by atoms with Gasteiger partial charge >= 0.3 is 0 Å². The Balaban J connectivity index is 2.58. The van der Waals surface area contributed by atoms with E-state index in [4.69, 9.17) is 0 Å². The zero-order valence-electron chi connectivity index (χ0n) is 13.3. The van der Waals surface area contributed by atoms with E-state index in [9.17, 15) is 0 Å². The minimum atomic E-state index is 0.426. The van der Waals surface area contributed by atoms with E-state index in [1.54, 1.807) is 0 Å². The molecule has 0 radical (unpaired) electrons. The highest BCUT2D eigenvalue weighted by Gasteiger charge is 2.14. The van der Waals surface area contributed by atoms with E-state index in [1.165, 1.54) is 23.0 Å². The Morgan fingerprint density at radius 1 is 1.25 bits per heavy atom. The fraction of sp³-hybridized carbons (Fsp3) is 0.647. The highest BCUT2D eigenvalue weighted by Crippen LogP contribution is 2.25. The molecule has 3 heteroatoms. The van der Waals surface area contributed by atoms with Crippen LogP contribution in [0.2, 0.25) is 0 Å². The molecule has 0 spiro atoms. The van der Waals surface area contributed by atoms with Crippen LogP contribution in [0.4, 0.5) is 0 Å². The molecule has 1 aromatic carbocycles. The predicted octanol–water partition coefficient (Wildman–Crippen LogP) is 4.47. The van der Waals surface area contributed by atoms with Crippen LogP contribution in [0, 0.1) is 5.92 Å². The molecular weight excluding hydrogens is 312 g/mol. The largest absolute Gasteiger partial charge is 0.310 e. The van der Waals surface area contributed by atoms with Gasteiger partial charge in [-0.25, -0.2) is 0 Å². The first kappa shape index (κ1) is 17.7. The monoisotopic (exact) mass is 340 g/mol. The molecule has 114 valence electrons. The molecule has 0 saturated heterocycles. The Morgan fingerprint density at radius 2 is 1.95 bits per heavy atom. The molecule has 0 aliphatic heterocycles. The zero-order valence-corrected chi connectivity index (χ0v) is 14.9. The SMILES string of the molecule is CCNC(CCN(C)CC(C)CC)c1ccccc1Br. The van der Waals surface area contributed by atoms with Gasteiger partial charge in [-0.05, 0) is 44.1 Å². The van der Waals surface area contributed by atoms with Gasteiger partial charge in [0.2, 0.25) is 0 Å². The quantitative estimate of drug-likeness (QED) is 0.713. The minimum Gasteiger partial charge on any atom is -0.310 e. The Kier molecular flexibility index (Phi) is 8.43. The summed E-state index contributed by atoms with van der Waals surface area (Å²) in [7, 11) is 2.23. The summed E-state index contributed by atoms with van der Waals surface area (Å²) in [6, 6.07) is 8.96. The number of halogens is 1. The highest BCUT2D eigenvalue weighted by atomic mass is 79.9. The third-order valence-electron chi connectivity index (χ3n) is 3.85. The van der Waals surface area contributed by atoms with Gasteiger partial charge in [-0.1, -0.05) is 61.3 Å². The molecule has 2 atom stereocenters. The predicted molar refractivity (Wildman–Crippen MR) is 92.1 cm³/mol. The normalized spacial score (nSPS) is 14.5. The Morgan fingerprint density at radius 3 is 2.55 bits per heavy atom. The molecule has 0 saturated carbocycles. The van der Waals surface area contributed by atoms with E-state index < -0.39 is 0 Å². The van der Waals surface area contributed by atoms with Crippen LogP contribution in [-0.4, -0.2) is 31.6 Å². The smallest absolute Gasteiger partial charge is 0.0343 e. The zero-order chi connectivity index (χ0) is 15.0. The molecule has 0 heterocycles. The summed E-state index contributed by atoms with van der Waals surface area (Å²) in [4.78, 5) is 2.45. The van der Waals surface area contributed by atoms with E-state index in [1.807, 2.05) is 0 Å². The van der Waals surface area contributed by atoms with Gasteiger partial charge in [0.25, 0.3) is 0 Å². The fourth-order valence-corrected chi connectivity index (χ4v) is 3.03. The molecule has 0 bridgehead atoms. The van der Waals surface area contributed by atoms with Crippen LogP contribution in [-0.2, 0) is 0 Å². The van der Waals surface area contributed by atoms with E-state index in [-0.39, 0.29) is 0 Å². The summed E-state index contributed by atoms with van der Waals surface area (Å²) in [5, 5.41) is 3.61. The van der Waals surface area contributed by atoms with Crippen molar-refractivity contribution >= 4 is 15.9 Å². The highest BCUT2D eigenvalue weighted by molar-refractivity contribution is 9.10. The molecule has 1 aromatic rings. The lowest BCUT2D eigenvalue weighted by Gasteiger charge is -2.25. The summed E-state index contributed by atoms with van der Waals surface area (Å²) in [5.41, 5.74) is 1.37. The molecule has 0 aliphatic carbocycles. The molecule has 1 rings (SSSR count). The van der Waals surface area contributed by atoms with Gasteiger partial charge in [0, 0.05) is 17.1 Å². The second kappa shape index (κ2) is 9.54.